The minimum Gasteiger partial charge on any atom is -0.348 e. The number of fused-ring (bicyclic) bond motifs is 3. The number of allylic oxidation sites excluding steroid dienone is 5. The Labute approximate surface area is 181 Å². The smallest absolute Gasteiger partial charge is 0.185 e. The molecular weight excluding hydrogens is 394 g/mol. The van der Waals surface area contributed by atoms with Crippen LogP contribution in [0.2, 0.25) is 0 Å². The van der Waals surface area contributed by atoms with Gasteiger partial charge in [-0.25, -0.2) is 9.98 Å². The van der Waals surface area contributed by atoms with Crippen LogP contribution in [0.4, 0.5) is 10.1 Å². The molecule has 0 N–H and O–H groups in total. The molecule has 3 nitrogen and oxygen atoms in total. The van der Waals surface area contributed by atoms with E-state index >= 15 is 0 Å². The Bertz CT molecular complexity index is 1020. The Hall–Kier alpha value is -1.98. The van der Waals surface area contributed by atoms with Crippen molar-refractivity contribution < 1.29 is 0 Å². The summed E-state index contributed by atoms with van der Waals surface area (Å²) in [6, 6.07) is 0. The average Bonchev–Trinajstić information content (AvgIpc) is 3.21. The van der Waals surface area contributed by atoms with Crippen molar-refractivity contribution in [1.82, 2.24) is 4.98 Å². The standard InChI is InChI=1S/C24H27N3S2/c1-17-16-28-24(26-17)27-13-6-7-18(11-14-27)15-19-8-4-5-12-25-23-22(19)20-9-2-3-10-21(20)29-23/h4-5,8,12,15-16H,2-3,6-7,9-11,13-14H2,1H3/b5-4+,8-4?,12-5?,18-15-,19-8+,22-19?,25-12-,25-23?. The molecule has 1 aliphatic carbocycles. The molecule has 0 radical (unpaired) electrons. The average molecular weight is 422 g/mol. The lowest BCUT2D eigenvalue weighted by Crippen LogP contribution is -2.23. The summed E-state index contributed by atoms with van der Waals surface area (Å²) in [7, 11) is 0. The Balaban J connectivity index is 1.43. The van der Waals surface area contributed by atoms with Crippen molar-refractivity contribution in [3.63, 3.8) is 0 Å². The van der Waals surface area contributed by atoms with E-state index in [4.69, 9.17) is 9.98 Å². The van der Waals surface area contributed by atoms with E-state index in [1.54, 1.807) is 27.4 Å². The second-order valence-electron chi connectivity index (χ2n) is 8.09. The summed E-state index contributed by atoms with van der Waals surface area (Å²) in [5, 5.41) is 4.54. The van der Waals surface area contributed by atoms with Crippen molar-refractivity contribution in [1.29, 1.82) is 0 Å². The number of nitrogens with zero attached hydrogens (tertiary/aromatic N) is 3. The minimum absolute atomic E-state index is 1.06. The lowest BCUT2D eigenvalue weighted by molar-refractivity contribution is 0.696. The SMILES string of the molecule is Cc1csc(N2CCC/C(=C/C3=C\C=C\C=N/c4sc5c(c43)CCCC5)CC2)n1. The van der Waals surface area contributed by atoms with Gasteiger partial charge in [0.1, 0.15) is 5.00 Å². The maximum absolute atomic E-state index is 4.79. The Morgan fingerprint density at radius 2 is 1.97 bits per heavy atom. The van der Waals surface area contributed by atoms with Gasteiger partial charge in [-0.15, -0.1) is 22.7 Å². The third-order valence-corrected chi connectivity index (χ3v) is 8.19. The van der Waals surface area contributed by atoms with Crippen molar-refractivity contribution in [3.05, 3.63) is 57.0 Å². The highest BCUT2D eigenvalue weighted by atomic mass is 32.1. The van der Waals surface area contributed by atoms with Gasteiger partial charge in [0.2, 0.25) is 0 Å². The molecule has 0 saturated carbocycles. The van der Waals surface area contributed by atoms with Crippen molar-refractivity contribution in [3.8, 4) is 0 Å². The van der Waals surface area contributed by atoms with Crippen molar-refractivity contribution in [2.24, 2.45) is 4.99 Å². The molecule has 5 rings (SSSR count). The first-order valence-electron chi connectivity index (χ1n) is 10.7. The monoisotopic (exact) mass is 421 g/mol. The maximum Gasteiger partial charge on any atom is 0.185 e. The molecule has 3 aliphatic rings. The van der Waals surface area contributed by atoms with E-state index < -0.39 is 0 Å². The van der Waals surface area contributed by atoms with Gasteiger partial charge < -0.3 is 4.90 Å². The molecule has 29 heavy (non-hydrogen) atoms. The van der Waals surface area contributed by atoms with Gasteiger partial charge in [-0.05, 0) is 69.1 Å². The lowest BCUT2D eigenvalue weighted by atomic mass is 9.90. The number of thiazole rings is 1. The molecule has 5 heteroatoms. The topological polar surface area (TPSA) is 28.5 Å². The highest BCUT2D eigenvalue weighted by Crippen LogP contribution is 2.44. The zero-order chi connectivity index (χ0) is 19.6. The number of hydrogen-bond acceptors (Lipinski definition) is 5. The quantitative estimate of drug-likeness (QED) is 0.542. The Kier molecular flexibility index (Phi) is 5.51. The molecule has 0 bridgehead atoms. The highest BCUT2D eigenvalue weighted by Gasteiger charge is 2.23. The van der Waals surface area contributed by atoms with Gasteiger partial charge in [0.25, 0.3) is 0 Å². The zero-order valence-electron chi connectivity index (χ0n) is 17.0. The van der Waals surface area contributed by atoms with E-state index in [0.29, 0.717) is 0 Å². The van der Waals surface area contributed by atoms with Gasteiger partial charge in [0.05, 0.1) is 5.69 Å². The first-order valence-corrected chi connectivity index (χ1v) is 12.4. The maximum atomic E-state index is 4.79. The van der Waals surface area contributed by atoms with Crippen LogP contribution in [0.1, 0.15) is 53.8 Å². The van der Waals surface area contributed by atoms with Gasteiger partial charge >= 0.3 is 0 Å². The molecule has 0 aromatic carbocycles. The summed E-state index contributed by atoms with van der Waals surface area (Å²) < 4.78 is 0. The molecule has 0 unspecified atom stereocenters. The number of aryl methyl sites for hydroxylation is 2. The van der Waals surface area contributed by atoms with Crippen LogP contribution in [-0.4, -0.2) is 24.3 Å². The van der Waals surface area contributed by atoms with Crippen LogP contribution in [0.5, 0.6) is 0 Å². The molecular formula is C24H27N3S2. The molecule has 1 fully saturated rings. The molecule has 150 valence electrons. The molecule has 0 spiro atoms. The Morgan fingerprint density at radius 1 is 1.03 bits per heavy atom. The normalized spacial score (nSPS) is 24.7. The van der Waals surface area contributed by atoms with Crippen LogP contribution < -0.4 is 4.90 Å². The molecule has 2 aliphatic heterocycles. The second kappa shape index (κ2) is 8.41. The third-order valence-electron chi connectivity index (χ3n) is 5.97. The molecule has 2 aromatic rings. The third kappa shape index (κ3) is 4.03. The summed E-state index contributed by atoms with van der Waals surface area (Å²) in [6.45, 7) is 4.25. The van der Waals surface area contributed by atoms with E-state index in [1.165, 1.54) is 59.8 Å². The van der Waals surface area contributed by atoms with E-state index in [1.807, 2.05) is 17.6 Å². The van der Waals surface area contributed by atoms with E-state index in [2.05, 4.69) is 41.5 Å². The van der Waals surface area contributed by atoms with Crippen LogP contribution in [0.15, 0.2) is 40.2 Å². The van der Waals surface area contributed by atoms with Gasteiger partial charge in [-0.3, -0.25) is 0 Å². The van der Waals surface area contributed by atoms with Crippen LogP contribution in [0, 0.1) is 6.92 Å². The second-order valence-corrected chi connectivity index (χ2v) is 10.0. The molecule has 0 amide bonds. The van der Waals surface area contributed by atoms with E-state index in [0.717, 1.165) is 25.2 Å². The van der Waals surface area contributed by atoms with Crippen molar-refractivity contribution >= 4 is 44.6 Å². The number of rotatable bonds is 2. The van der Waals surface area contributed by atoms with Crippen molar-refractivity contribution in [2.75, 3.05) is 18.0 Å². The highest BCUT2D eigenvalue weighted by molar-refractivity contribution is 7.16. The van der Waals surface area contributed by atoms with Gasteiger partial charge in [0, 0.05) is 35.1 Å². The van der Waals surface area contributed by atoms with Crippen LogP contribution in [-0.2, 0) is 12.8 Å². The molecule has 1 saturated heterocycles. The summed E-state index contributed by atoms with van der Waals surface area (Å²) in [6.07, 6.45) is 19.5. The molecule has 0 atom stereocenters. The van der Waals surface area contributed by atoms with E-state index in [-0.39, 0.29) is 0 Å². The first kappa shape index (κ1) is 19.0. The molecule has 2 aromatic heterocycles. The Morgan fingerprint density at radius 3 is 2.86 bits per heavy atom. The number of thiophene rings is 1. The summed E-state index contributed by atoms with van der Waals surface area (Å²) in [4.78, 5) is 13.5. The van der Waals surface area contributed by atoms with Crippen molar-refractivity contribution in [2.45, 2.75) is 51.9 Å². The number of aromatic nitrogens is 1. The predicted molar refractivity (Wildman–Crippen MR) is 127 cm³/mol. The lowest BCUT2D eigenvalue weighted by Gasteiger charge is -2.18. The summed E-state index contributed by atoms with van der Waals surface area (Å²) in [5.41, 5.74) is 7.04. The fraction of sp³-hybridized carbons (Fsp3) is 0.417. The fourth-order valence-corrected chi connectivity index (χ4v) is 6.64. The zero-order valence-corrected chi connectivity index (χ0v) is 18.6. The summed E-state index contributed by atoms with van der Waals surface area (Å²) >= 11 is 3.69. The van der Waals surface area contributed by atoms with Crippen LogP contribution >= 0.6 is 22.7 Å². The van der Waals surface area contributed by atoms with Crippen LogP contribution in [0.25, 0.3) is 5.57 Å². The van der Waals surface area contributed by atoms with E-state index in [9.17, 15) is 0 Å². The minimum atomic E-state index is 1.06. The van der Waals surface area contributed by atoms with Gasteiger partial charge in [-0.1, -0.05) is 23.8 Å². The largest absolute Gasteiger partial charge is 0.348 e. The molecule has 4 heterocycles. The number of anilines is 1. The van der Waals surface area contributed by atoms with Crippen LogP contribution in [0.3, 0.4) is 0 Å². The van der Waals surface area contributed by atoms with Gasteiger partial charge in [-0.2, -0.15) is 0 Å². The fourth-order valence-electron chi connectivity index (χ4n) is 4.52. The van der Waals surface area contributed by atoms with Gasteiger partial charge in [0.15, 0.2) is 5.13 Å². The number of aliphatic imine (C=N–C) groups is 1. The summed E-state index contributed by atoms with van der Waals surface area (Å²) in [5.74, 6) is 0. The number of hydrogen-bond donors (Lipinski definition) is 0. The first-order chi connectivity index (χ1) is 14.3. The predicted octanol–water partition coefficient (Wildman–Crippen LogP) is 6.66.